The number of aliphatic hydroxyl groups is 1. The monoisotopic (exact) mass is 553 g/mol. The van der Waals surface area contributed by atoms with Crippen LogP contribution in [0.4, 0.5) is 0 Å². The highest BCUT2D eigenvalue weighted by atomic mass is 16.4. The van der Waals surface area contributed by atoms with E-state index < -0.39 is 60.4 Å². The van der Waals surface area contributed by atoms with E-state index in [0.717, 1.165) is 0 Å². The number of carbonyl (C=O) groups is 5. The number of aliphatic imine (C=N–C) groups is 1. The number of phenolic OH excluding ortho intramolecular Hbond substituents is 1. The highest BCUT2D eigenvalue weighted by Gasteiger charge is 2.30. The molecule has 39 heavy (non-hydrogen) atoms. The van der Waals surface area contributed by atoms with Crippen LogP contribution in [-0.4, -0.2) is 93.4 Å². The highest BCUT2D eigenvalue weighted by molar-refractivity contribution is 5.94. The van der Waals surface area contributed by atoms with Crippen molar-refractivity contribution in [1.82, 2.24) is 16.0 Å². The number of nitrogens with two attached hydrogens (primary N) is 3. The molecule has 0 bridgehead atoms. The molecule has 0 fully saturated rings. The molecular formula is C23H35N7O9. The number of aromatic hydroxyl groups is 1. The second-order valence-corrected chi connectivity index (χ2v) is 8.56. The molecule has 216 valence electrons. The molecule has 0 aromatic heterocycles. The molecule has 1 aromatic carbocycles. The molecule has 4 atom stereocenters. The molecule has 4 unspecified atom stereocenters. The number of amides is 3. The van der Waals surface area contributed by atoms with E-state index in [4.69, 9.17) is 27.4 Å². The molecule has 3 amide bonds. The number of nitrogens with zero attached hydrogens (tertiary/aromatic N) is 1. The van der Waals surface area contributed by atoms with Crippen LogP contribution in [0.5, 0.6) is 5.75 Å². The maximum Gasteiger partial charge on any atom is 0.328 e. The molecule has 0 radical (unpaired) electrons. The van der Waals surface area contributed by atoms with Gasteiger partial charge in [-0.3, -0.25) is 24.2 Å². The summed E-state index contributed by atoms with van der Waals surface area (Å²) in [4.78, 5) is 64.5. The number of rotatable bonds is 17. The fourth-order valence-corrected chi connectivity index (χ4v) is 3.27. The Morgan fingerprint density at radius 2 is 1.41 bits per heavy atom. The van der Waals surface area contributed by atoms with Crippen LogP contribution in [0.25, 0.3) is 0 Å². The minimum Gasteiger partial charge on any atom is -0.508 e. The Balaban J connectivity index is 3.14. The van der Waals surface area contributed by atoms with Crippen molar-refractivity contribution in [3.8, 4) is 5.75 Å². The molecule has 0 aliphatic heterocycles. The van der Waals surface area contributed by atoms with Crippen molar-refractivity contribution in [3.05, 3.63) is 29.8 Å². The Kier molecular flexibility index (Phi) is 13.7. The average molecular weight is 554 g/mol. The molecule has 0 saturated heterocycles. The van der Waals surface area contributed by atoms with Gasteiger partial charge in [0, 0.05) is 19.4 Å². The molecule has 16 heteroatoms. The molecule has 0 aliphatic rings. The van der Waals surface area contributed by atoms with Gasteiger partial charge in [-0.25, -0.2) is 4.79 Å². The van der Waals surface area contributed by atoms with Gasteiger partial charge in [0.05, 0.1) is 12.6 Å². The number of nitrogens with one attached hydrogen (secondary N) is 3. The first-order valence-corrected chi connectivity index (χ1v) is 11.9. The van der Waals surface area contributed by atoms with Gasteiger partial charge in [0.1, 0.15) is 23.9 Å². The highest BCUT2D eigenvalue weighted by Crippen LogP contribution is 2.12. The largest absolute Gasteiger partial charge is 0.508 e. The van der Waals surface area contributed by atoms with Crippen molar-refractivity contribution in [2.24, 2.45) is 22.2 Å². The van der Waals surface area contributed by atoms with Gasteiger partial charge in [-0.2, -0.15) is 0 Å². The summed E-state index contributed by atoms with van der Waals surface area (Å²) in [6.45, 7) is -0.792. The summed E-state index contributed by atoms with van der Waals surface area (Å²) in [5, 5.41) is 43.8. The third kappa shape index (κ3) is 12.6. The van der Waals surface area contributed by atoms with E-state index in [1.807, 2.05) is 0 Å². The SMILES string of the molecule is NC(N)=NCCCC(NC(=O)C(N)CCC(=O)O)C(=O)NC(Cc1ccc(O)cc1)C(=O)NC(CO)C(=O)O. The van der Waals surface area contributed by atoms with Crippen molar-refractivity contribution in [1.29, 1.82) is 0 Å². The van der Waals surface area contributed by atoms with Crippen LogP contribution in [0.3, 0.4) is 0 Å². The fraction of sp³-hybridized carbons (Fsp3) is 0.478. The quantitative estimate of drug-likeness (QED) is 0.0516. The molecule has 1 aromatic rings. The van der Waals surface area contributed by atoms with E-state index >= 15 is 0 Å². The first-order chi connectivity index (χ1) is 18.3. The van der Waals surface area contributed by atoms with Gasteiger partial charge in [0.15, 0.2) is 5.96 Å². The van der Waals surface area contributed by atoms with E-state index in [9.17, 15) is 34.2 Å². The van der Waals surface area contributed by atoms with E-state index in [1.54, 1.807) is 0 Å². The average Bonchev–Trinajstić information content (AvgIpc) is 2.87. The van der Waals surface area contributed by atoms with Gasteiger partial charge in [-0.15, -0.1) is 0 Å². The van der Waals surface area contributed by atoms with E-state index in [0.29, 0.717) is 5.56 Å². The number of hydrogen-bond donors (Lipinski definition) is 10. The smallest absolute Gasteiger partial charge is 0.328 e. The second kappa shape index (κ2) is 16.4. The number of phenols is 1. The molecule has 0 aliphatic carbocycles. The summed E-state index contributed by atoms with van der Waals surface area (Å²) >= 11 is 0. The number of carbonyl (C=O) groups excluding carboxylic acids is 3. The summed E-state index contributed by atoms with van der Waals surface area (Å²) in [5.74, 6) is -5.44. The van der Waals surface area contributed by atoms with E-state index in [1.165, 1.54) is 24.3 Å². The Labute approximate surface area is 223 Å². The zero-order chi connectivity index (χ0) is 29.5. The Morgan fingerprint density at radius 3 is 1.95 bits per heavy atom. The first-order valence-electron chi connectivity index (χ1n) is 11.9. The minimum atomic E-state index is -1.64. The summed E-state index contributed by atoms with van der Waals surface area (Å²) in [7, 11) is 0. The third-order valence-electron chi connectivity index (χ3n) is 5.39. The van der Waals surface area contributed by atoms with Gasteiger partial charge in [-0.05, 0) is 37.0 Å². The number of carboxylic acids is 2. The maximum atomic E-state index is 13.2. The fourth-order valence-electron chi connectivity index (χ4n) is 3.27. The normalized spacial score (nSPS) is 13.7. The van der Waals surface area contributed by atoms with Crippen molar-refractivity contribution in [2.75, 3.05) is 13.2 Å². The molecule has 0 spiro atoms. The number of hydrogen-bond acceptors (Lipinski definition) is 9. The lowest BCUT2D eigenvalue weighted by Crippen LogP contribution is -2.58. The Morgan fingerprint density at radius 1 is 0.846 bits per heavy atom. The first kappa shape index (κ1) is 32.6. The molecule has 0 heterocycles. The standard InChI is InChI=1S/C23H35N7O9/c24-14(7-8-18(33)34)19(35)28-15(2-1-9-27-23(25)26)20(36)29-16(10-12-3-5-13(32)6-4-12)21(37)30-17(11-31)22(38)39/h3-6,14-17,31-32H,1-2,7-11,24H2,(H,28,35)(H,29,36)(H,30,37)(H,33,34)(H,38,39)(H4,25,26,27). The number of aliphatic hydroxyl groups excluding tert-OH is 1. The summed E-state index contributed by atoms with van der Waals surface area (Å²) < 4.78 is 0. The molecule has 16 nitrogen and oxygen atoms in total. The van der Waals surface area contributed by atoms with Gasteiger partial charge >= 0.3 is 11.9 Å². The van der Waals surface area contributed by atoms with Crippen LogP contribution in [0, 0.1) is 0 Å². The maximum absolute atomic E-state index is 13.2. The summed E-state index contributed by atoms with van der Waals surface area (Å²) in [5.41, 5.74) is 16.8. The van der Waals surface area contributed by atoms with E-state index in [-0.39, 0.29) is 50.4 Å². The third-order valence-corrected chi connectivity index (χ3v) is 5.39. The van der Waals surface area contributed by atoms with Crippen molar-refractivity contribution in [3.63, 3.8) is 0 Å². The lowest BCUT2D eigenvalue weighted by molar-refractivity contribution is -0.143. The van der Waals surface area contributed by atoms with Crippen LogP contribution < -0.4 is 33.2 Å². The number of guanidine groups is 1. The van der Waals surface area contributed by atoms with Crippen LogP contribution in [0.2, 0.25) is 0 Å². The van der Waals surface area contributed by atoms with Gasteiger partial charge < -0.3 is 53.6 Å². The Bertz CT molecular complexity index is 1030. The van der Waals surface area contributed by atoms with Crippen molar-refractivity contribution >= 4 is 35.6 Å². The topological polar surface area (TPSA) is 293 Å². The van der Waals surface area contributed by atoms with Crippen LogP contribution in [-0.2, 0) is 30.4 Å². The summed E-state index contributed by atoms with van der Waals surface area (Å²) in [6.07, 6.45) is -0.473. The van der Waals surface area contributed by atoms with E-state index in [2.05, 4.69) is 20.9 Å². The Hall–Kier alpha value is -4.44. The molecule has 0 saturated carbocycles. The lowest BCUT2D eigenvalue weighted by Gasteiger charge is -2.25. The zero-order valence-corrected chi connectivity index (χ0v) is 21.1. The summed E-state index contributed by atoms with van der Waals surface area (Å²) in [6, 6.07) is 0.205. The van der Waals surface area contributed by atoms with Crippen LogP contribution in [0.1, 0.15) is 31.2 Å². The zero-order valence-electron chi connectivity index (χ0n) is 21.1. The molecule has 1 rings (SSSR count). The number of carboxylic acid groups (broad SMARTS) is 2. The van der Waals surface area contributed by atoms with Crippen LogP contribution >= 0.6 is 0 Å². The second-order valence-electron chi connectivity index (χ2n) is 8.56. The molecular weight excluding hydrogens is 518 g/mol. The minimum absolute atomic E-state index is 0.00193. The predicted molar refractivity (Wildman–Crippen MR) is 137 cm³/mol. The van der Waals surface area contributed by atoms with Gasteiger partial charge in [-0.1, -0.05) is 12.1 Å². The number of aliphatic carboxylic acids is 2. The van der Waals surface area contributed by atoms with Crippen molar-refractivity contribution in [2.45, 2.75) is 56.3 Å². The van der Waals surface area contributed by atoms with Gasteiger partial charge in [0.2, 0.25) is 17.7 Å². The van der Waals surface area contributed by atoms with Crippen molar-refractivity contribution < 1.29 is 44.4 Å². The number of benzene rings is 1. The predicted octanol–water partition coefficient (Wildman–Crippen LogP) is -3.29. The molecule has 13 N–H and O–H groups in total. The van der Waals surface area contributed by atoms with Crippen LogP contribution in [0.15, 0.2) is 29.3 Å². The lowest BCUT2D eigenvalue weighted by atomic mass is 10.0. The van der Waals surface area contributed by atoms with Gasteiger partial charge in [0.25, 0.3) is 0 Å².